The zero-order chi connectivity index (χ0) is 17.1. The van der Waals surface area contributed by atoms with E-state index >= 15 is 0 Å². The maximum atomic E-state index is 5.66. The average Bonchev–Trinajstić information content (AvgIpc) is 3.04. The molecule has 0 bridgehead atoms. The third kappa shape index (κ3) is 3.65. The van der Waals surface area contributed by atoms with Crippen LogP contribution in [0.25, 0.3) is 11.5 Å². The van der Waals surface area contributed by atoms with Crippen LogP contribution in [-0.2, 0) is 6.67 Å². The second-order valence-corrected chi connectivity index (χ2v) is 6.47. The molecule has 0 N–H and O–H groups in total. The van der Waals surface area contributed by atoms with Crippen molar-refractivity contribution in [2.24, 2.45) is 0 Å². The highest BCUT2D eigenvalue weighted by molar-refractivity contribution is 7.71. The van der Waals surface area contributed by atoms with E-state index < -0.39 is 0 Å². The number of para-hydroxylation sites is 1. The van der Waals surface area contributed by atoms with Gasteiger partial charge in [0.05, 0.1) is 6.67 Å². The minimum absolute atomic E-state index is 0.421. The topological polar surface area (TPSA) is 37.4 Å². The minimum atomic E-state index is 0.421. The van der Waals surface area contributed by atoms with Gasteiger partial charge in [-0.1, -0.05) is 36.4 Å². The van der Waals surface area contributed by atoms with E-state index in [-0.39, 0.29) is 0 Å². The molecule has 25 heavy (non-hydrogen) atoms. The fraction of sp³-hybridized carbons (Fsp3) is 0.263. The Kier molecular flexibility index (Phi) is 4.63. The van der Waals surface area contributed by atoms with E-state index in [4.69, 9.17) is 16.6 Å². The Morgan fingerprint density at radius 3 is 2.20 bits per heavy atom. The van der Waals surface area contributed by atoms with Crippen LogP contribution in [0.2, 0.25) is 0 Å². The summed E-state index contributed by atoms with van der Waals surface area (Å²) in [6.07, 6.45) is 0. The predicted molar refractivity (Wildman–Crippen MR) is 101 cm³/mol. The van der Waals surface area contributed by atoms with Crippen molar-refractivity contribution in [2.75, 3.05) is 31.1 Å². The first-order valence-corrected chi connectivity index (χ1v) is 8.86. The van der Waals surface area contributed by atoms with Gasteiger partial charge in [-0.3, -0.25) is 4.90 Å². The SMILES string of the molecule is S=c1oc(-c2ccccc2)nn1CN1CCN(c2ccccc2)CC1. The van der Waals surface area contributed by atoms with Gasteiger partial charge < -0.3 is 9.32 Å². The number of hydrogen-bond donors (Lipinski definition) is 0. The lowest BCUT2D eigenvalue weighted by Gasteiger charge is -2.35. The van der Waals surface area contributed by atoms with E-state index in [9.17, 15) is 0 Å². The Bertz CT molecular complexity index is 867. The summed E-state index contributed by atoms with van der Waals surface area (Å²) in [5.74, 6) is 0.577. The molecule has 3 aromatic rings. The van der Waals surface area contributed by atoms with E-state index in [0.29, 0.717) is 17.4 Å². The first-order chi connectivity index (χ1) is 12.3. The van der Waals surface area contributed by atoms with Crippen LogP contribution in [0.5, 0.6) is 0 Å². The van der Waals surface area contributed by atoms with Crippen LogP contribution < -0.4 is 4.90 Å². The number of hydrogen-bond acceptors (Lipinski definition) is 5. The average molecular weight is 352 g/mol. The molecule has 0 amide bonds. The van der Waals surface area contributed by atoms with Crippen LogP contribution in [-0.4, -0.2) is 40.9 Å². The summed E-state index contributed by atoms with van der Waals surface area (Å²) in [5.41, 5.74) is 2.23. The van der Waals surface area contributed by atoms with Gasteiger partial charge in [-0.25, -0.2) is 4.68 Å². The molecule has 1 saturated heterocycles. The van der Waals surface area contributed by atoms with Gasteiger partial charge in [0.25, 0.3) is 4.84 Å². The molecule has 1 aliphatic heterocycles. The van der Waals surface area contributed by atoms with E-state index in [0.717, 1.165) is 31.7 Å². The van der Waals surface area contributed by atoms with Gasteiger partial charge in [0.2, 0.25) is 5.89 Å². The number of benzene rings is 2. The smallest absolute Gasteiger partial charge is 0.288 e. The standard InChI is InChI=1S/C19H20N4OS/c25-19-23(20-18(24-19)16-7-3-1-4-8-16)15-21-11-13-22(14-12-21)17-9-5-2-6-10-17/h1-10H,11-15H2. The summed E-state index contributed by atoms with van der Waals surface area (Å²) >= 11 is 5.34. The van der Waals surface area contributed by atoms with Crippen LogP contribution in [0.15, 0.2) is 65.1 Å². The molecule has 0 radical (unpaired) electrons. The molecule has 1 fully saturated rings. The summed E-state index contributed by atoms with van der Waals surface area (Å²) in [7, 11) is 0. The van der Waals surface area contributed by atoms with Gasteiger partial charge >= 0.3 is 0 Å². The quantitative estimate of drug-likeness (QED) is 0.670. The molecule has 128 valence electrons. The zero-order valence-corrected chi connectivity index (χ0v) is 14.7. The monoisotopic (exact) mass is 352 g/mol. The number of aromatic nitrogens is 2. The van der Waals surface area contributed by atoms with Gasteiger partial charge in [0, 0.05) is 37.4 Å². The van der Waals surface area contributed by atoms with Gasteiger partial charge in [-0.05, 0) is 36.5 Å². The van der Waals surface area contributed by atoms with Crippen LogP contribution >= 0.6 is 12.2 Å². The summed E-state index contributed by atoms with van der Waals surface area (Å²) in [5, 5.41) is 4.54. The van der Waals surface area contributed by atoms with Crippen LogP contribution in [0.4, 0.5) is 5.69 Å². The zero-order valence-electron chi connectivity index (χ0n) is 13.9. The molecule has 5 nitrogen and oxygen atoms in total. The Morgan fingerprint density at radius 1 is 0.880 bits per heavy atom. The van der Waals surface area contributed by atoms with Crippen molar-refractivity contribution in [3.63, 3.8) is 0 Å². The maximum absolute atomic E-state index is 5.66. The molecule has 1 aliphatic rings. The Balaban J connectivity index is 1.41. The predicted octanol–water partition coefficient (Wildman–Crippen LogP) is 3.65. The molecule has 0 atom stereocenters. The highest BCUT2D eigenvalue weighted by Crippen LogP contribution is 2.18. The van der Waals surface area contributed by atoms with Crippen molar-refractivity contribution in [2.45, 2.75) is 6.67 Å². The van der Waals surface area contributed by atoms with Crippen molar-refractivity contribution in [1.29, 1.82) is 0 Å². The third-order valence-electron chi connectivity index (χ3n) is 4.45. The van der Waals surface area contributed by atoms with Crippen LogP contribution in [0.3, 0.4) is 0 Å². The van der Waals surface area contributed by atoms with Crippen molar-refractivity contribution < 1.29 is 4.42 Å². The van der Waals surface area contributed by atoms with Crippen molar-refractivity contribution in [1.82, 2.24) is 14.7 Å². The van der Waals surface area contributed by atoms with Gasteiger partial charge in [0.15, 0.2) is 0 Å². The number of rotatable bonds is 4. The number of nitrogens with zero attached hydrogens (tertiary/aromatic N) is 4. The molecule has 2 aromatic carbocycles. The molecule has 0 aliphatic carbocycles. The fourth-order valence-corrected chi connectivity index (χ4v) is 3.25. The highest BCUT2D eigenvalue weighted by Gasteiger charge is 2.18. The lowest BCUT2D eigenvalue weighted by Crippen LogP contribution is -2.46. The number of piperazine rings is 1. The number of anilines is 1. The minimum Gasteiger partial charge on any atom is -0.409 e. The Labute approximate surface area is 152 Å². The normalized spacial score (nSPS) is 15.4. The summed E-state index contributed by atoms with van der Waals surface area (Å²) < 4.78 is 7.44. The maximum Gasteiger partial charge on any atom is 0.288 e. The summed E-state index contributed by atoms with van der Waals surface area (Å²) in [4.78, 5) is 5.19. The first-order valence-electron chi connectivity index (χ1n) is 8.45. The van der Waals surface area contributed by atoms with Crippen molar-refractivity contribution in [3.05, 3.63) is 65.5 Å². The Morgan fingerprint density at radius 2 is 1.52 bits per heavy atom. The van der Waals surface area contributed by atoms with Crippen LogP contribution in [0, 0.1) is 4.84 Å². The molecule has 6 heteroatoms. The highest BCUT2D eigenvalue weighted by atomic mass is 32.1. The lowest BCUT2D eigenvalue weighted by molar-refractivity contribution is 0.192. The van der Waals surface area contributed by atoms with Crippen LogP contribution in [0.1, 0.15) is 0 Å². The van der Waals surface area contributed by atoms with E-state index in [1.54, 1.807) is 4.68 Å². The fourth-order valence-electron chi connectivity index (χ4n) is 3.07. The van der Waals surface area contributed by atoms with Crippen molar-refractivity contribution in [3.8, 4) is 11.5 Å². The summed E-state index contributed by atoms with van der Waals surface area (Å²) in [6, 6.07) is 20.4. The molecular formula is C19H20N4OS. The molecule has 0 spiro atoms. The van der Waals surface area contributed by atoms with Gasteiger partial charge in [-0.2, -0.15) is 0 Å². The third-order valence-corrected chi connectivity index (χ3v) is 4.75. The molecular weight excluding hydrogens is 332 g/mol. The van der Waals surface area contributed by atoms with E-state index in [2.05, 4.69) is 45.2 Å². The second kappa shape index (κ2) is 7.21. The molecule has 4 rings (SSSR count). The summed E-state index contributed by atoms with van der Waals surface area (Å²) in [6.45, 7) is 4.62. The lowest BCUT2D eigenvalue weighted by atomic mass is 10.2. The second-order valence-electron chi connectivity index (χ2n) is 6.12. The van der Waals surface area contributed by atoms with Crippen molar-refractivity contribution >= 4 is 17.9 Å². The van der Waals surface area contributed by atoms with E-state index in [1.165, 1.54) is 5.69 Å². The molecule has 0 saturated carbocycles. The Hall–Kier alpha value is -2.44. The molecule has 1 aromatic heterocycles. The van der Waals surface area contributed by atoms with E-state index in [1.807, 2.05) is 30.3 Å². The van der Waals surface area contributed by atoms with Gasteiger partial charge in [-0.15, -0.1) is 5.10 Å². The van der Waals surface area contributed by atoms with Gasteiger partial charge in [0.1, 0.15) is 0 Å². The largest absolute Gasteiger partial charge is 0.409 e. The first kappa shape index (κ1) is 16.1. The molecule has 2 heterocycles. The molecule has 0 unspecified atom stereocenters.